The van der Waals surface area contributed by atoms with Gasteiger partial charge in [-0.1, -0.05) is 25.5 Å². The molecule has 1 rings (SSSR count). The summed E-state index contributed by atoms with van der Waals surface area (Å²) < 4.78 is 0. The van der Waals surface area contributed by atoms with Crippen LogP contribution in [0.15, 0.2) is 11.6 Å². The zero-order valence-corrected chi connectivity index (χ0v) is 9.22. The lowest BCUT2D eigenvalue weighted by molar-refractivity contribution is 0.278. The summed E-state index contributed by atoms with van der Waals surface area (Å²) in [6.07, 6.45) is 4.94. The standard InChI is InChI=1S/C9H17N.C2H6/c1-8-4-5-9(2)10(3)7-6-8;1-2/h6,9H,4-5,7H2,1-3H3;1-2H3. The molecular weight excluding hydrogens is 146 g/mol. The third-order valence-electron chi connectivity index (χ3n) is 2.44. The van der Waals surface area contributed by atoms with Crippen LogP contribution in [0.5, 0.6) is 0 Å². The highest BCUT2D eigenvalue weighted by Gasteiger charge is 2.10. The van der Waals surface area contributed by atoms with Crippen molar-refractivity contribution in [1.82, 2.24) is 4.90 Å². The molecule has 1 aliphatic heterocycles. The quantitative estimate of drug-likeness (QED) is 0.504. The summed E-state index contributed by atoms with van der Waals surface area (Å²) in [4.78, 5) is 2.40. The second-order valence-electron chi connectivity index (χ2n) is 3.38. The van der Waals surface area contributed by atoms with E-state index in [1.54, 1.807) is 5.57 Å². The average molecular weight is 169 g/mol. The van der Waals surface area contributed by atoms with E-state index in [1.165, 1.54) is 12.8 Å². The molecule has 0 N–H and O–H groups in total. The second-order valence-corrected chi connectivity index (χ2v) is 3.38. The lowest BCUT2D eigenvalue weighted by Gasteiger charge is -2.20. The zero-order chi connectivity index (χ0) is 9.56. The van der Waals surface area contributed by atoms with Crippen LogP contribution < -0.4 is 0 Å². The molecule has 1 heterocycles. The van der Waals surface area contributed by atoms with Crippen molar-refractivity contribution in [1.29, 1.82) is 0 Å². The Labute approximate surface area is 77.5 Å². The maximum absolute atomic E-state index is 2.40. The van der Waals surface area contributed by atoms with Crippen molar-refractivity contribution in [2.45, 2.75) is 46.6 Å². The lowest BCUT2D eigenvalue weighted by atomic mass is 10.1. The summed E-state index contributed by atoms with van der Waals surface area (Å²) in [6.45, 7) is 9.66. The topological polar surface area (TPSA) is 3.24 Å². The van der Waals surface area contributed by atoms with Gasteiger partial charge < -0.3 is 4.90 Å². The van der Waals surface area contributed by atoms with Crippen molar-refractivity contribution in [2.75, 3.05) is 13.6 Å². The Kier molecular flexibility index (Phi) is 6.09. The molecule has 1 nitrogen and oxygen atoms in total. The molecule has 0 aliphatic carbocycles. The Hall–Kier alpha value is -0.300. The van der Waals surface area contributed by atoms with E-state index < -0.39 is 0 Å². The van der Waals surface area contributed by atoms with Gasteiger partial charge in [0.25, 0.3) is 0 Å². The average Bonchev–Trinajstić information content (AvgIpc) is 2.24. The Morgan fingerprint density at radius 2 is 2.00 bits per heavy atom. The Morgan fingerprint density at radius 3 is 2.58 bits per heavy atom. The van der Waals surface area contributed by atoms with Crippen LogP contribution in [0, 0.1) is 0 Å². The molecule has 1 unspecified atom stereocenters. The van der Waals surface area contributed by atoms with E-state index >= 15 is 0 Å². The van der Waals surface area contributed by atoms with Gasteiger partial charge >= 0.3 is 0 Å². The highest BCUT2D eigenvalue weighted by atomic mass is 15.1. The molecule has 0 saturated carbocycles. The summed E-state index contributed by atoms with van der Waals surface area (Å²) in [5, 5.41) is 0. The highest BCUT2D eigenvalue weighted by molar-refractivity contribution is 5.02. The first-order valence-corrected chi connectivity index (χ1v) is 5.06. The van der Waals surface area contributed by atoms with Crippen molar-refractivity contribution < 1.29 is 0 Å². The fraction of sp³-hybridized carbons (Fsp3) is 0.818. The molecule has 12 heavy (non-hydrogen) atoms. The zero-order valence-electron chi connectivity index (χ0n) is 9.22. The molecule has 0 spiro atoms. The molecule has 1 heteroatoms. The van der Waals surface area contributed by atoms with Crippen LogP contribution in [-0.4, -0.2) is 24.5 Å². The van der Waals surface area contributed by atoms with Gasteiger partial charge in [0.2, 0.25) is 0 Å². The van der Waals surface area contributed by atoms with Gasteiger partial charge in [0, 0.05) is 12.6 Å². The number of hydrogen-bond acceptors (Lipinski definition) is 1. The fourth-order valence-corrected chi connectivity index (χ4v) is 1.24. The van der Waals surface area contributed by atoms with Crippen molar-refractivity contribution in [3.8, 4) is 0 Å². The molecule has 0 radical (unpaired) electrons. The molecule has 0 aromatic carbocycles. The number of hydrogen-bond donors (Lipinski definition) is 0. The highest BCUT2D eigenvalue weighted by Crippen LogP contribution is 2.14. The van der Waals surface area contributed by atoms with Crippen LogP contribution in [0.2, 0.25) is 0 Å². The summed E-state index contributed by atoms with van der Waals surface area (Å²) in [5.74, 6) is 0. The monoisotopic (exact) mass is 169 g/mol. The third-order valence-corrected chi connectivity index (χ3v) is 2.44. The minimum Gasteiger partial charge on any atom is -0.300 e. The first-order chi connectivity index (χ1) is 5.70. The minimum absolute atomic E-state index is 0.758. The second kappa shape index (κ2) is 6.24. The van der Waals surface area contributed by atoms with Gasteiger partial charge in [0.1, 0.15) is 0 Å². The molecule has 0 aromatic rings. The van der Waals surface area contributed by atoms with E-state index in [9.17, 15) is 0 Å². The molecule has 0 aromatic heterocycles. The van der Waals surface area contributed by atoms with Gasteiger partial charge in [-0.25, -0.2) is 0 Å². The summed E-state index contributed by atoms with van der Waals surface area (Å²) in [6, 6.07) is 0.758. The Bertz CT molecular complexity index is 138. The minimum atomic E-state index is 0.758. The molecule has 72 valence electrons. The van der Waals surface area contributed by atoms with Crippen molar-refractivity contribution in [3.05, 3.63) is 11.6 Å². The van der Waals surface area contributed by atoms with Crippen LogP contribution in [0.3, 0.4) is 0 Å². The van der Waals surface area contributed by atoms with E-state index in [0.717, 1.165) is 12.6 Å². The smallest absolute Gasteiger partial charge is 0.0165 e. The molecule has 0 fully saturated rings. The number of nitrogens with zero attached hydrogens (tertiary/aromatic N) is 1. The lowest BCUT2D eigenvalue weighted by Crippen LogP contribution is -2.27. The maximum atomic E-state index is 2.40. The fourth-order valence-electron chi connectivity index (χ4n) is 1.24. The molecular formula is C11H23N. The third kappa shape index (κ3) is 3.91. The predicted octanol–water partition coefficient (Wildman–Crippen LogP) is 3.07. The van der Waals surface area contributed by atoms with Crippen LogP contribution >= 0.6 is 0 Å². The van der Waals surface area contributed by atoms with E-state index in [-0.39, 0.29) is 0 Å². The number of likely N-dealkylation sites (N-methyl/N-ethyl adjacent to an activating group) is 1. The van der Waals surface area contributed by atoms with Gasteiger partial charge in [0.15, 0.2) is 0 Å². The number of allylic oxidation sites excluding steroid dienone is 1. The largest absolute Gasteiger partial charge is 0.300 e. The molecule has 0 saturated heterocycles. The summed E-state index contributed by atoms with van der Waals surface area (Å²) >= 11 is 0. The van der Waals surface area contributed by atoms with Crippen LogP contribution in [0.4, 0.5) is 0 Å². The first-order valence-electron chi connectivity index (χ1n) is 5.06. The Morgan fingerprint density at radius 1 is 1.42 bits per heavy atom. The SMILES string of the molecule is CC.CC1=CCN(C)C(C)CC1. The maximum Gasteiger partial charge on any atom is 0.0165 e. The Balaban J connectivity index is 0.000000561. The van der Waals surface area contributed by atoms with Gasteiger partial charge in [-0.2, -0.15) is 0 Å². The van der Waals surface area contributed by atoms with E-state index in [0.29, 0.717) is 0 Å². The van der Waals surface area contributed by atoms with E-state index in [1.807, 2.05) is 13.8 Å². The summed E-state index contributed by atoms with van der Waals surface area (Å²) in [5.41, 5.74) is 1.55. The molecule has 0 bridgehead atoms. The summed E-state index contributed by atoms with van der Waals surface area (Å²) in [7, 11) is 2.19. The van der Waals surface area contributed by atoms with Crippen LogP contribution in [0.1, 0.15) is 40.5 Å². The molecule has 0 amide bonds. The van der Waals surface area contributed by atoms with Crippen LogP contribution in [-0.2, 0) is 0 Å². The van der Waals surface area contributed by atoms with Crippen LogP contribution in [0.25, 0.3) is 0 Å². The molecule has 1 aliphatic rings. The van der Waals surface area contributed by atoms with E-state index in [4.69, 9.17) is 0 Å². The normalized spacial score (nSPS) is 25.1. The van der Waals surface area contributed by atoms with Gasteiger partial charge in [-0.15, -0.1) is 0 Å². The first kappa shape index (κ1) is 11.7. The van der Waals surface area contributed by atoms with Gasteiger partial charge in [-0.05, 0) is 33.7 Å². The van der Waals surface area contributed by atoms with Gasteiger partial charge in [0.05, 0.1) is 0 Å². The van der Waals surface area contributed by atoms with E-state index in [2.05, 4.69) is 31.9 Å². The van der Waals surface area contributed by atoms with Crippen molar-refractivity contribution in [3.63, 3.8) is 0 Å². The molecule has 1 atom stereocenters. The predicted molar refractivity (Wildman–Crippen MR) is 56.4 cm³/mol. The van der Waals surface area contributed by atoms with Crippen molar-refractivity contribution >= 4 is 0 Å². The van der Waals surface area contributed by atoms with Crippen molar-refractivity contribution in [2.24, 2.45) is 0 Å². The number of rotatable bonds is 0. The van der Waals surface area contributed by atoms with Gasteiger partial charge in [-0.3, -0.25) is 0 Å².